The van der Waals surface area contributed by atoms with E-state index in [0.717, 1.165) is 10.0 Å². The van der Waals surface area contributed by atoms with Gasteiger partial charge in [0.2, 0.25) is 0 Å². The summed E-state index contributed by atoms with van der Waals surface area (Å²) in [7, 11) is 0. The Bertz CT molecular complexity index is 513. The molecule has 0 saturated carbocycles. The van der Waals surface area contributed by atoms with E-state index in [9.17, 15) is 14.7 Å². The van der Waals surface area contributed by atoms with Gasteiger partial charge in [-0.3, -0.25) is 0 Å². The number of benzene rings is 1. The molecule has 6 heteroatoms. The summed E-state index contributed by atoms with van der Waals surface area (Å²) in [6.07, 6.45) is 0.647. The lowest BCUT2D eigenvalue weighted by Gasteiger charge is -2.28. The maximum Gasteiger partial charge on any atom is 0.329 e. The Hall–Kier alpha value is -1.56. The lowest BCUT2D eigenvalue weighted by molar-refractivity contribution is -0.144. The smallest absolute Gasteiger partial charge is 0.329 e. The molecule has 20 heavy (non-hydrogen) atoms. The molecule has 0 fully saturated rings. The van der Waals surface area contributed by atoms with Crippen LogP contribution in [-0.4, -0.2) is 22.6 Å². The summed E-state index contributed by atoms with van der Waals surface area (Å²) in [6, 6.07) is 4.88. The van der Waals surface area contributed by atoms with Crippen molar-refractivity contribution in [1.29, 1.82) is 0 Å². The van der Waals surface area contributed by atoms with Crippen LogP contribution in [0.15, 0.2) is 22.7 Å². The summed E-state index contributed by atoms with van der Waals surface area (Å²) >= 11 is 3.38. The SMILES string of the molecule is CCC(CC)(NC(=O)Nc1ccc(C)c(Br)c1)C(=O)O. The van der Waals surface area contributed by atoms with Gasteiger partial charge in [-0.2, -0.15) is 0 Å². The fraction of sp³-hybridized carbons (Fsp3) is 0.429. The first-order valence-corrected chi connectivity index (χ1v) is 7.22. The fourth-order valence-corrected chi connectivity index (χ4v) is 2.21. The Morgan fingerprint density at radius 1 is 1.30 bits per heavy atom. The first kappa shape index (κ1) is 16.5. The Balaban J connectivity index is 2.80. The minimum atomic E-state index is -1.23. The zero-order valence-corrected chi connectivity index (χ0v) is 13.4. The number of nitrogens with one attached hydrogen (secondary N) is 2. The summed E-state index contributed by atoms with van der Waals surface area (Å²) in [4.78, 5) is 23.3. The van der Waals surface area contributed by atoms with E-state index in [1.807, 2.05) is 13.0 Å². The maximum absolute atomic E-state index is 11.9. The topological polar surface area (TPSA) is 78.4 Å². The minimum absolute atomic E-state index is 0.323. The van der Waals surface area contributed by atoms with Crippen LogP contribution in [0.5, 0.6) is 0 Å². The highest BCUT2D eigenvalue weighted by atomic mass is 79.9. The number of aryl methyl sites for hydroxylation is 1. The number of rotatable bonds is 5. The Labute approximate surface area is 126 Å². The summed E-state index contributed by atoms with van der Waals surface area (Å²) in [5.41, 5.74) is 0.427. The number of carbonyl (C=O) groups is 2. The van der Waals surface area contributed by atoms with E-state index in [2.05, 4.69) is 26.6 Å². The van der Waals surface area contributed by atoms with Crippen LogP contribution >= 0.6 is 15.9 Å². The van der Waals surface area contributed by atoms with Crippen molar-refractivity contribution in [3.05, 3.63) is 28.2 Å². The molecule has 0 radical (unpaired) electrons. The Morgan fingerprint density at radius 2 is 1.90 bits per heavy atom. The highest BCUT2D eigenvalue weighted by molar-refractivity contribution is 9.10. The van der Waals surface area contributed by atoms with Gasteiger partial charge in [0.25, 0.3) is 0 Å². The van der Waals surface area contributed by atoms with Crippen molar-refractivity contribution in [1.82, 2.24) is 5.32 Å². The van der Waals surface area contributed by atoms with Gasteiger partial charge in [0.05, 0.1) is 0 Å². The molecule has 0 aliphatic heterocycles. The van der Waals surface area contributed by atoms with E-state index in [1.54, 1.807) is 26.0 Å². The van der Waals surface area contributed by atoms with Crippen LogP contribution in [0.2, 0.25) is 0 Å². The van der Waals surface area contributed by atoms with Crippen molar-refractivity contribution in [2.45, 2.75) is 39.2 Å². The van der Waals surface area contributed by atoms with Crippen molar-refractivity contribution in [3.63, 3.8) is 0 Å². The van der Waals surface area contributed by atoms with E-state index in [1.165, 1.54) is 0 Å². The number of amides is 2. The molecule has 0 aliphatic rings. The number of aliphatic carboxylic acids is 1. The predicted octanol–water partition coefficient (Wildman–Crippen LogP) is 3.52. The van der Waals surface area contributed by atoms with Crippen molar-refractivity contribution in [2.75, 3.05) is 5.32 Å². The van der Waals surface area contributed by atoms with Gasteiger partial charge in [-0.05, 0) is 37.5 Å². The molecule has 0 aliphatic carbocycles. The number of carboxylic acids is 1. The third-order valence-electron chi connectivity index (χ3n) is 3.40. The number of anilines is 1. The van der Waals surface area contributed by atoms with Gasteiger partial charge in [-0.1, -0.05) is 35.8 Å². The van der Waals surface area contributed by atoms with Gasteiger partial charge >= 0.3 is 12.0 Å². The van der Waals surface area contributed by atoms with Crippen LogP contribution in [0.25, 0.3) is 0 Å². The molecule has 0 saturated heterocycles. The van der Waals surface area contributed by atoms with E-state index >= 15 is 0 Å². The molecule has 1 rings (SSSR count). The molecule has 5 nitrogen and oxygen atoms in total. The second kappa shape index (κ2) is 6.74. The van der Waals surface area contributed by atoms with Crippen LogP contribution < -0.4 is 10.6 Å². The van der Waals surface area contributed by atoms with Gasteiger partial charge in [0.15, 0.2) is 0 Å². The lowest BCUT2D eigenvalue weighted by Crippen LogP contribution is -2.54. The zero-order chi connectivity index (χ0) is 15.3. The lowest BCUT2D eigenvalue weighted by atomic mass is 9.93. The van der Waals surface area contributed by atoms with Gasteiger partial charge in [0, 0.05) is 10.2 Å². The number of carbonyl (C=O) groups excluding carboxylic acids is 1. The van der Waals surface area contributed by atoms with E-state index < -0.39 is 17.5 Å². The minimum Gasteiger partial charge on any atom is -0.480 e. The summed E-state index contributed by atoms with van der Waals surface area (Å²) in [5.74, 6) is -1.03. The molecule has 0 atom stereocenters. The monoisotopic (exact) mass is 342 g/mol. The molecular formula is C14H19BrN2O3. The van der Waals surface area contributed by atoms with Crippen LogP contribution in [0.3, 0.4) is 0 Å². The number of hydrogen-bond donors (Lipinski definition) is 3. The molecule has 0 heterocycles. The maximum atomic E-state index is 11.9. The van der Waals surface area contributed by atoms with Gasteiger partial charge in [0.1, 0.15) is 5.54 Å². The van der Waals surface area contributed by atoms with Gasteiger partial charge < -0.3 is 15.7 Å². The summed E-state index contributed by atoms with van der Waals surface area (Å²) < 4.78 is 0.880. The first-order chi connectivity index (χ1) is 9.34. The molecule has 1 aromatic rings. The molecule has 110 valence electrons. The molecule has 3 N–H and O–H groups in total. The van der Waals surface area contributed by atoms with E-state index in [4.69, 9.17) is 0 Å². The zero-order valence-electron chi connectivity index (χ0n) is 11.8. The van der Waals surface area contributed by atoms with E-state index in [0.29, 0.717) is 18.5 Å². The Morgan fingerprint density at radius 3 is 2.35 bits per heavy atom. The number of carboxylic acid groups (broad SMARTS) is 1. The van der Waals surface area contributed by atoms with Gasteiger partial charge in [-0.15, -0.1) is 0 Å². The number of hydrogen-bond acceptors (Lipinski definition) is 2. The van der Waals surface area contributed by atoms with Crippen LogP contribution in [-0.2, 0) is 4.79 Å². The quantitative estimate of drug-likeness (QED) is 0.765. The molecule has 0 spiro atoms. The third-order valence-corrected chi connectivity index (χ3v) is 4.25. The summed E-state index contributed by atoms with van der Waals surface area (Å²) in [6.45, 7) is 5.41. The van der Waals surface area contributed by atoms with Gasteiger partial charge in [-0.25, -0.2) is 9.59 Å². The van der Waals surface area contributed by atoms with Crippen molar-refractivity contribution < 1.29 is 14.7 Å². The first-order valence-electron chi connectivity index (χ1n) is 6.43. The highest BCUT2D eigenvalue weighted by Gasteiger charge is 2.36. The summed E-state index contributed by atoms with van der Waals surface area (Å²) in [5, 5.41) is 14.5. The van der Waals surface area contributed by atoms with E-state index in [-0.39, 0.29) is 0 Å². The number of urea groups is 1. The molecule has 0 unspecified atom stereocenters. The molecule has 0 bridgehead atoms. The highest BCUT2D eigenvalue weighted by Crippen LogP contribution is 2.21. The predicted molar refractivity (Wildman–Crippen MR) is 82.0 cm³/mol. The average Bonchev–Trinajstić information content (AvgIpc) is 2.40. The third kappa shape index (κ3) is 3.72. The van der Waals surface area contributed by atoms with Crippen molar-refractivity contribution >= 4 is 33.6 Å². The molecule has 2 amide bonds. The average molecular weight is 343 g/mol. The molecule has 1 aromatic carbocycles. The normalized spacial score (nSPS) is 11.0. The fourth-order valence-electron chi connectivity index (χ4n) is 1.83. The van der Waals surface area contributed by atoms with Crippen LogP contribution in [0.1, 0.15) is 32.3 Å². The number of halogens is 1. The van der Waals surface area contributed by atoms with Crippen molar-refractivity contribution in [2.24, 2.45) is 0 Å². The molecule has 0 aromatic heterocycles. The molecular weight excluding hydrogens is 324 g/mol. The largest absolute Gasteiger partial charge is 0.480 e. The van der Waals surface area contributed by atoms with Crippen molar-refractivity contribution in [3.8, 4) is 0 Å². The van der Waals surface area contributed by atoms with Crippen LogP contribution in [0, 0.1) is 6.92 Å². The second-order valence-electron chi connectivity index (χ2n) is 4.64. The second-order valence-corrected chi connectivity index (χ2v) is 5.49. The Kier molecular flexibility index (Phi) is 5.56. The van der Waals surface area contributed by atoms with Crippen LogP contribution in [0.4, 0.5) is 10.5 Å². The standard InChI is InChI=1S/C14H19BrN2O3/c1-4-14(5-2,12(18)19)17-13(20)16-10-7-6-9(3)11(15)8-10/h6-8H,4-5H2,1-3H3,(H,18,19)(H2,16,17,20).